The molecule has 23 heavy (non-hydrogen) atoms. The Kier molecular flexibility index (Phi) is 4.70. The fraction of sp³-hybridized carbons (Fsp3) is 0.533. The molecule has 124 valence electrons. The fourth-order valence-corrected chi connectivity index (χ4v) is 3.88. The van der Waals surface area contributed by atoms with Crippen LogP contribution in [0.25, 0.3) is 11.4 Å². The highest BCUT2D eigenvalue weighted by molar-refractivity contribution is 6.74. The van der Waals surface area contributed by atoms with Gasteiger partial charge in [-0.2, -0.15) is 0 Å². The Hall–Kier alpha value is -1.44. The first-order valence-electron chi connectivity index (χ1n) is 7.81. The molecule has 0 spiro atoms. The zero-order valence-corrected chi connectivity index (χ0v) is 15.5. The van der Waals surface area contributed by atoms with E-state index in [0.717, 1.165) is 49.7 Å². The van der Waals surface area contributed by atoms with E-state index >= 15 is 0 Å². The minimum atomic E-state index is -1.24. The van der Waals surface area contributed by atoms with Crippen molar-refractivity contribution in [2.24, 2.45) is 0 Å². The molecular formula is C15H22ClN5OSi. The Morgan fingerprint density at radius 2 is 1.91 bits per heavy atom. The summed E-state index contributed by atoms with van der Waals surface area (Å²) in [4.78, 5) is 6.90. The van der Waals surface area contributed by atoms with Crippen LogP contribution in [0.2, 0.25) is 24.7 Å². The van der Waals surface area contributed by atoms with Gasteiger partial charge in [-0.3, -0.25) is 4.68 Å². The number of hydrogen-bond acceptors (Lipinski definition) is 5. The van der Waals surface area contributed by atoms with Gasteiger partial charge in [0.25, 0.3) is 0 Å². The van der Waals surface area contributed by atoms with E-state index in [1.54, 1.807) is 0 Å². The number of nitrogens with zero attached hydrogens (tertiary/aromatic N) is 5. The molecule has 0 atom stereocenters. The first kappa shape index (κ1) is 16.4. The molecule has 1 aliphatic rings. The molecule has 0 radical (unpaired) electrons. The number of anilines is 1. The minimum absolute atomic E-state index is 0.663. The van der Waals surface area contributed by atoms with Crippen LogP contribution in [0.4, 0.5) is 5.82 Å². The van der Waals surface area contributed by atoms with E-state index in [4.69, 9.17) is 21.3 Å². The molecule has 1 saturated heterocycles. The van der Waals surface area contributed by atoms with Crippen LogP contribution < -0.4 is 4.90 Å². The lowest BCUT2D eigenvalue weighted by molar-refractivity contribution is 0.122. The van der Waals surface area contributed by atoms with Gasteiger partial charge in [0.2, 0.25) is 0 Å². The summed E-state index contributed by atoms with van der Waals surface area (Å²) in [6.45, 7) is 10.0. The van der Waals surface area contributed by atoms with Crippen molar-refractivity contribution in [3.05, 3.63) is 23.4 Å². The molecular weight excluding hydrogens is 330 g/mol. The Labute approximate surface area is 142 Å². The Morgan fingerprint density at radius 3 is 2.61 bits per heavy atom. The highest BCUT2D eigenvalue weighted by Crippen LogP contribution is 2.25. The van der Waals surface area contributed by atoms with Crippen LogP contribution in [0.3, 0.4) is 0 Å². The van der Waals surface area contributed by atoms with Crippen LogP contribution in [-0.4, -0.2) is 54.4 Å². The number of pyridine rings is 1. The summed E-state index contributed by atoms with van der Waals surface area (Å²) in [5, 5.41) is 9.17. The normalized spacial score (nSPS) is 15.9. The van der Waals surface area contributed by atoms with Crippen molar-refractivity contribution in [1.29, 1.82) is 0 Å². The zero-order valence-electron chi connectivity index (χ0n) is 13.8. The molecule has 0 aliphatic carbocycles. The SMILES string of the molecule is C[Si](C)(C)Cn1cc(-c2cc(Cl)cc(N3CCOCC3)n2)nn1. The van der Waals surface area contributed by atoms with Gasteiger partial charge < -0.3 is 9.64 Å². The molecule has 0 N–H and O–H groups in total. The van der Waals surface area contributed by atoms with Crippen molar-refractivity contribution in [3.63, 3.8) is 0 Å². The maximum Gasteiger partial charge on any atom is 0.131 e. The molecule has 0 bridgehead atoms. The van der Waals surface area contributed by atoms with Crippen molar-refractivity contribution < 1.29 is 4.74 Å². The number of ether oxygens (including phenoxy) is 1. The molecule has 3 heterocycles. The van der Waals surface area contributed by atoms with Crippen molar-refractivity contribution in [1.82, 2.24) is 20.0 Å². The molecule has 8 heteroatoms. The predicted molar refractivity (Wildman–Crippen MR) is 94.6 cm³/mol. The molecule has 3 rings (SSSR count). The van der Waals surface area contributed by atoms with E-state index in [2.05, 4.69) is 34.9 Å². The first-order valence-corrected chi connectivity index (χ1v) is 11.9. The molecule has 0 aromatic carbocycles. The van der Waals surface area contributed by atoms with Crippen molar-refractivity contribution >= 4 is 25.5 Å². The van der Waals surface area contributed by atoms with E-state index < -0.39 is 8.07 Å². The van der Waals surface area contributed by atoms with E-state index in [0.29, 0.717) is 5.02 Å². The highest BCUT2D eigenvalue weighted by Gasteiger charge is 2.18. The predicted octanol–water partition coefficient (Wildman–Crippen LogP) is 2.71. The van der Waals surface area contributed by atoms with Crippen molar-refractivity contribution in [3.8, 4) is 11.4 Å². The summed E-state index contributed by atoms with van der Waals surface area (Å²) in [5.74, 6) is 0.871. The smallest absolute Gasteiger partial charge is 0.131 e. The average Bonchev–Trinajstić information content (AvgIpc) is 2.94. The van der Waals surface area contributed by atoms with Gasteiger partial charge in [0, 0.05) is 24.3 Å². The summed E-state index contributed by atoms with van der Waals surface area (Å²) < 4.78 is 7.31. The first-order chi connectivity index (χ1) is 10.9. The third kappa shape index (κ3) is 4.30. The number of aromatic nitrogens is 4. The van der Waals surface area contributed by atoms with Crippen molar-refractivity contribution in [2.75, 3.05) is 31.2 Å². The molecule has 1 aliphatic heterocycles. The van der Waals surface area contributed by atoms with Gasteiger partial charge in [0.1, 0.15) is 11.5 Å². The van der Waals surface area contributed by atoms with E-state index in [-0.39, 0.29) is 0 Å². The Bertz CT molecular complexity index is 679. The molecule has 0 saturated carbocycles. The Morgan fingerprint density at radius 1 is 1.17 bits per heavy atom. The summed E-state index contributed by atoms with van der Waals surface area (Å²) in [6.07, 6.45) is 2.90. The van der Waals surface area contributed by atoms with Crippen LogP contribution in [0.1, 0.15) is 0 Å². The van der Waals surface area contributed by atoms with Crippen LogP contribution in [0.5, 0.6) is 0 Å². The van der Waals surface area contributed by atoms with Gasteiger partial charge in [-0.1, -0.05) is 36.5 Å². The molecule has 1 fully saturated rings. The lowest BCUT2D eigenvalue weighted by atomic mass is 10.2. The highest BCUT2D eigenvalue weighted by atomic mass is 35.5. The number of rotatable bonds is 4. The van der Waals surface area contributed by atoms with E-state index in [9.17, 15) is 0 Å². The number of morpholine rings is 1. The van der Waals surface area contributed by atoms with Crippen LogP contribution in [0, 0.1) is 0 Å². The third-order valence-corrected chi connectivity index (χ3v) is 5.04. The third-order valence-electron chi connectivity index (χ3n) is 3.55. The molecule has 2 aromatic heterocycles. The second-order valence-electron chi connectivity index (χ2n) is 6.99. The van der Waals surface area contributed by atoms with Gasteiger partial charge in [0.15, 0.2) is 0 Å². The average molecular weight is 352 g/mol. The quantitative estimate of drug-likeness (QED) is 0.793. The summed E-state index contributed by atoms with van der Waals surface area (Å²) >= 11 is 6.29. The fourth-order valence-electron chi connectivity index (χ4n) is 2.55. The number of halogens is 1. The summed E-state index contributed by atoms with van der Waals surface area (Å²) in [6, 6.07) is 3.73. The van der Waals surface area contributed by atoms with E-state index in [1.807, 2.05) is 23.0 Å². The Balaban J connectivity index is 1.86. The van der Waals surface area contributed by atoms with Crippen LogP contribution in [-0.2, 0) is 10.9 Å². The van der Waals surface area contributed by atoms with Crippen molar-refractivity contribution in [2.45, 2.75) is 25.8 Å². The van der Waals surface area contributed by atoms with Gasteiger partial charge >= 0.3 is 0 Å². The second-order valence-corrected chi connectivity index (χ2v) is 12.9. The largest absolute Gasteiger partial charge is 0.378 e. The van der Waals surface area contributed by atoms with Gasteiger partial charge in [-0.05, 0) is 12.1 Å². The lowest BCUT2D eigenvalue weighted by Gasteiger charge is -2.28. The van der Waals surface area contributed by atoms with Crippen LogP contribution >= 0.6 is 11.6 Å². The monoisotopic (exact) mass is 351 g/mol. The summed E-state index contributed by atoms with van der Waals surface area (Å²) in [7, 11) is -1.24. The molecule has 0 unspecified atom stereocenters. The van der Waals surface area contributed by atoms with Gasteiger partial charge in [-0.25, -0.2) is 4.98 Å². The minimum Gasteiger partial charge on any atom is -0.378 e. The molecule has 6 nitrogen and oxygen atoms in total. The molecule has 2 aromatic rings. The second kappa shape index (κ2) is 6.58. The summed E-state index contributed by atoms with van der Waals surface area (Å²) in [5.41, 5.74) is 1.53. The van der Waals surface area contributed by atoms with Gasteiger partial charge in [0.05, 0.1) is 33.2 Å². The molecule has 0 amide bonds. The van der Waals surface area contributed by atoms with Gasteiger partial charge in [-0.15, -0.1) is 5.10 Å². The van der Waals surface area contributed by atoms with E-state index in [1.165, 1.54) is 0 Å². The maximum absolute atomic E-state index is 6.29. The lowest BCUT2D eigenvalue weighted by Crippen LogP contribution is -2.36. The zero-order chi connectivity index (χ0) is 16.4. The number of hydrogen-bond donors (Lipinski definition) is 0. The maximum atomic E-state index is 6.29. The van der Waals surface area contributed by atoms with Crippen LogP contribution in [0.15, 0.2) is 18.3 Å². The topological polar surface area (TPSA) is 56.1 Å². The standard InChI is InChI=1S/C15H22ClN5OSi/c1-23(2,3)11-21-10-14(18-19-21)13-8-12(16)9-15(17-13)20-4-6-22-7-5-20/h8-10H,4-7,11H2,1-3H3.